The third kappa shape index (κ3) is 1.12. The maximum Gasteiger partial charge on any atom is 0.159 e. The molecule has 0 atom stereocenters. The minimum atomic E-state index is 0.390. The van der Waals surface area contributed by atoms with Crippen molar-refractivity contribution in [2.75, 3.05) is 0 Å². The summed E-state index contributed by atoms with van der Waals surface area (Å²) in [6.45, 7) is 0. The van der Waals surface area contributed by atoms with Gasteiger partial charge >= 0.3 is 0 Å². The molecule has 1 aliphatic carbocycles. The Morgan fingerprint density at radius 1 is 1.27 bits per heavy atom. The lowest BCUT2D eigenvalue weighted by molar-refractivity contribution is 1.06. The van der Waals surface area contributed by atoms with Crippen molar-refractivity contribution in [1.29, 1.82) is 5.26 Å². The molecule has 0 aliphatic heterocycles. The van der Waals surface area contributed by atoms with E-state index in [0.29, 0.717) is 5.69 Å². The summed E-state index contributed by atoms with van der Waals surface area (Å²) in [6.07, 6.45) is 2.31. The molecule has 0 saturated carbocycles. The first-order valence-electron chi connectivity index (χ1n) is 4.73. The zero-order valence-electron chi connectivity index (χ0n) is 7.94. The average Bonchev–Trinajstić information content (AvgIpc) is 2.66. The number of rotatable bonds is 0. The van der Waals surface area contributed by atoms with E-state index in [-0.39, 0.29) is 0 Å². The number of fused-ring (bicyclic) bond motifs is 3. The van der Waals surface area contributed by atoms with E-state index >= 15 is 0 Å². The molecule has 0 radical (unpaired) electrons. The van der Waals surface area contributed by atoms with Crippen molar-refractivity contribution < 1.29 is 0 Å². The molecule has 0 fully saturated rings. The first-order chi connectivity index (χ1) is 7.38. The Morgan fingerprint density at radius 2 is 2.13 bits per heavy atom. The fourth-order valence-corrected chi connectivity index (χ4v) is 1.92. The molecule has 0 amide bonds. The van der Waals surface area contributed by atoms with Gasteiger partial charge in [-0.25, -0.2) is 4.98 Å². The van der Waals surface area contributed by atoms with Crippen molar-refractivity contribution >= 4 is 0 Å². The minimum Gasteiger partial charge on any atom is -0.251 e. The predicted octanol–water partition coefficient (Wildman–Crippen LogP) is 1.92. The Kier molecular flexibility index (Phi) is 1.57. The van der Waals surface area contributed by atoms with Crippen LogP contribution in [0.15, 0.2) is 30.5 Å². The second-order valence-corrected chi connectivity index (χ2v) is 3.50. The van der Waals surface area contributed by atoms with Crippen LogP contribution in [0.3, 0.4) is 0 Å². The van der Waals surface area contributed by atoms with Gasteiger partial charge in [-0.1, -0.05) is 24.3 Å². The van der Waals surface area contributed by atoms with Gasteiger partial charge in [0.2, 0.25) is 0 Å². The number of benzene rings is 1. The maximum absolute atomic E-state index is 8.73. The molecule has 0 unspecified atom stereocenters. The normalized spacial score (nSPS) is 11.7. The molecular formula is C12H7N3. The molecule has 0 bridgehead atoms. The molecule has 2 aromatic rings. The van der Waals surface area contributed by atoms with Crippen LogP contribution in [0, 0.1) is 11.3 Å². The topological polar surface area (TPSA) is 49.6 Å². The number of hydrogen-bond donors (Lipinski definition) is 0. The summed E-state index contributed by atoms with van der Waals surface area (Å²) >= 11 is 0. The number of hydrogen-bond acceptors (Lipinski definition) is 3. The van der Waals surface area contributed by atoms with Gasteiger partial charge in [0.25, 0.3) is 0 Å². The highest BCUT2D eigenvalue weighted by Crippen LogP contribution is 2.33. The predicted molar refractivity (Wildman–Crippen MR) is 55.0 cm³/mol. The van der Waals surface area contributed by atoms with Crippen LogP contribution in [0.25, 0.3) is 11.3 Å². The molecule has 3 nitrogen and oxygen atoms in total. The van der Waals surface area contributed by atoms with E-state index in [1.165, 1.54) is 11.8 Å². The highest BCUT2D eigenvalue weighted by Gasteiger charge is 2.20. The van der Waals surface area contributed by atoms with Crippen LogP contribution >= 0.6 is 0 Å². The zero-order valence-corrected chi connectivity index (χ0v) is 7.94. The van der Waals surface area contributed by atoms with Crippen LogP contribution in [0.2, 0.25) is 0 Å². The molecular weight excluding hydrogens is 186 g/mol. The highest BCUT2D eigenvalue weighted by atomic mass is 14.8. The highest BCUT2D eigenvalue weighted by molar-refractivity contribution is 5.71. The molecule has 1 heterocycles. The monoisotopic (exact) mass is 193 g/mol. The maximum atomic E-state index is 8.73. The van der Waals surface area contributed by atoms with E-state index in [4.69, 9.17) is 5.26 Å². The lowest BCUT2D eigenvalue weighted by Crippen LogP contribution is -1.93. The first kappa shape index (κ1) is 8.13. The van der Waals surface area contributed by atoms with Gasteiger partial charge < -0.3 is 0 Å². The lowest BCUT2D eigenvalue weighted by atomic mass is 10.1. The summed E-state index contributed by atoms with van der Waals surface area (Å²) in [4.78, 5) is 8.55. The average molecular weight is 193 g/mol. The van der Waals surface area contributed by atoms with Crippen molar-refractivity contribution in [3.05, 3.63) is 47.4 Å². The van der Waals surface area contributed by atoms with Gasteiger partial charge in [0.05, 0.1) is 17.6 Å². The molecule has 1 aromatic heterocycles. The van der Waals surface area contributed by atoms with Crippen LogP contribution in [0.5, 0.6) is 0 Å². The Balaban J connectivity index is 2.23. The Morgan fingerprint density at radius 3 is 3.00 bits per heavy atom. The summed E-state index contributed by atoms with van der Waals surface area (Å²) in [5.74, 6) is 0. The van der Waals surface area contributed by atoms with Gasteiger partial charge in [0.1, 0.15) is 6.07 Å². The smallest absolute Gasteiger partial charge is 0.159 e. The van der Waals surface area contributed by atoms with Crippen LogP contribution in [0.1, 0.15) is 17.0 Å². The Bertz CT molecular complexity index is 582. The van der Waals surface area contributed by atoms with Crippen molar-refractivity contribution in [1.82, 2.24) is 9.97 Å². The van der Waals surface area contributed by atoms with Crippen LogP contribution in [-0.4, -0.2) is 9.97 Å². The fourth-order valence-electron chi connectivity index (χ4n) is 1.92. The fraction of sp³-hybridized carbons (Fsp3) is 0.0833. The third-order valence-corrected chi connectivity index (χ3v) is 2.59. The molecule has 0 spiro atoms. The van der Waals surface area contributed by atoms with E-state index in [2.05, 4.69) is 16.0 Å². The summed E-state index contributed by atoms with van der Waals surface area (Å²) < 4.78 is 0. The molecule has 70 valence electrons. The summed E-state index contributed by atoms with van der Waals surface area (Å²) in [6, 6.07) is 10.1. The van der Waals surface area contributed by atoms with E-state index < -0.39 is 0 Å². The molecule has 1 aliphatic rings. The first-order valence-corrected chi connectivity index (χ1v) is 4.73. The number of nitrogens with zero attached hydrogens (tertiary/aromatic N) is 3. The summed E-state index contributed by atoms with van der Waals surface area (Å²) in [7, 11) is 0. The summed E-state index contributed by atoms with van der Waals surface area (Å²) in [5.41, 5.74) is 4.61. The van der Waals surface area contributed by atoms with E-state index in [9.17, 15) is 0 Å². The molecule has 15 heavy (non-hydrogen) atoms. The lowest BCUT2D eigenvalue weighted by Gasteiger charge is -1.97. The van der Waals surface area contributed by atoms with E-state index in [0.717, 1.165) is 23.4 Å². The van der Waals surface area contributed by atoms with Crippen molar-refractivity contribution in [2.24, 2.45) is 0 Å². The number of nitriles is 1. The van der Waals surface area contributed by atoms with Gasteiger partial charge in [-0.15, -0.1) is 0 Å². The van der Waals surface area contributed by atoms with Gasteiger partial charge in [-0.2, -0.15) is 5.26 Å². The molecule has 0 saturated heterocycles. The van der Waals surface area contributed by atoms with Gasteiger partial charge in [-0.3, -0.25) is 4.98 Å². The molecule has 3 rings (SSSR count). The van der Waals surface area contributed by atoms with Crippen molar-refractivity contribution in [2.45, 2.75) is 6.42 Å². The standard InChI is InChI=1S/C12H7N3/c13-6-9-7-14-12-10-4-2-1-3-8(10)5-11(12)15-9/h1-4,7H,5H2. The molecule has 1 aromatic carbocycles. The SMILES string of the molecule is N#Cc1cnc2c(n1)Cc1ccccc1-2. The number of aromatic nitrogens is 2. The van der Waals surface area contributed by atoms with Gasteiger partial charge in [0, 0.05) is 12.0 Å². The minimum absolute atomic E-state index is 0.390. The van der Waals surface area contributed by atoms with E-state index in [1.54, 1.807) is 0 Å². The molecule has 3 heteroatoms. The van der Waals surface area contributed by atoms with Crippen molar-refractivity contribution in [3.8, 4) is 17.3 Å². The third-order valence-electron chi connectivity index (χ3n) is 2.59. The zero-order chi connectivity index (χ0) is 10.3. The van der Waals surface area contributed by atoms with Gasteiger partial charge in [-0.05, 0) is 5.56 Å². The van der Waals surface area contributed by atoms with Crippen LogP contribution in [0.4, 0.5) is 0 Å². The quantitative estimate of drug-likeness (QED) is 0.548. The Labute approximate surface area is 87.0 Å². The van der Waals surface area contributed by atoms with Crippen LogP contribution in [-0.2, 0) is 6.42 Å². The largest absolute Gasteiger partial charge is 0.251 e. The molecule has 0 N–H and O–H groups in total. The second-order valence-electron chi connectivity index (χ2n) is 3.50. The van der Waals surface area contributed by atoms with Crippen molar-refractivity contribution in [3.63, 3.8) is 0 Å². The van der Waals surface area contributed by atoms with E-state index in [1.807, 2.05) is 24.3 Å². The second kappa shape index (κ2) is 2.89. The summed E-state index contributed by atoms with van der Waals surface area (Å²) in [5, 5.41) is 8.73. The van der Waals surface area contributed by atoms with Gasteiger partial charge in [0.15, 0.2) is 5.69 Å². The Hall–Kier alpha value is -2.21. The van der Waals surface area contributed by atoms with Crippen LogP contribution < -0.4 is 0 Å².